The summed E-state index contributed by atoms with van der Waals surface area (Å²) in [6.45, 7) is 2.62. The lowest BCUT2D eigenvalue weighted by atomic mass is 10.3. The van der Waals surface area contributed by atoms with Gasteiger partial charge in [-0.05, 0) is 12.5 Å². The molecule has 1 unspecified atom stereocenters. The summed E-state index contributed by atoms with van der Waals surface area (Å²) < 4.78 is 13.0. The number of anilines is 1. The van der Waals surface area contributed by atoms with Crippen LogP contribution in [0.15, 0.2) is 36.9 Å². The van der Waals surface area contributed by atoms with Crippen LogP contribution in [0.2, 0.25) is 0 Å². The number of nitrogens with two attached hydrogens (primary N) is 1. The molecule has 0 saturated heterocycles. The molecule has 0 amide bonds. The summed E-state index contributed by atoms with van der Waals surface area (Å²) in [4.78, 5) is 12.8. The number of pyridine rings is 1. The van der Waals surface area contributed by atoms with Crippen LogP contribution in [0.4, 0.5) is 5.82 Å². The highest BCUT2D eigenvalue weighted by Crippen LogP contribution is 2.22. The summed E-state index contributed by atoms with van der Waals surface area (Å²) in [7, 11) is 1.67. The third-order valence-electron chi connectivity index (χ3n) is 3.51. The van der Waals surface area contributed by atoms with Crippen LogP contribution in [0.5, 0.6) is 5.75 Å². The van der Waals surface area contributed by atoms with E-state index in [9.17, 15) is 0 Å². The van der Waals surface area contributed by atoms with E-state index in [2.05, 4.69) is 21.9 Å². The SMILES string of the molecule is CCC(COC)Oc1ccn2c(-c3cncc(N)n3)cnc2c1. The molecule has 0 bridgehead atoms. The summed E-state index contributed by atoms with van der Waals surface area (Å²) in [6.07, 6.45) is 7.72. The van der Waals surface area contributed by atoms with E-state index in [0.29, 0.717) is 18.1 Å². The number of imidazole rings is 1. The van der Waals surface area contributed by atoms with Gasteiger partial charge in [-0.2, -0.15) is 0 Å². The lowest BCUT2D eigenvalue weighted by Gasteiger charge is -2.16. The molecule has 0 fully saturated rings. The molecule has 0 aliphatic carbocycles. The Bertz CT molecular complexity index is 802. The van der Waals surface area contributed by atoms with Gasteiger partial charge in [0, 0.05) is 19.4 Å². The van der Waals surface area contributed by atoms with Crippen LogP contribution in [0.3, 0.4) is 0 Å². The van der Waals surface area contributed by atoms with Crippen LogP contribution in [0.25, 0.3) is 17.0 Å². The maximum absolute atomic E-state index is 5.92. The van der Waals surface area contributed by atoms with Crippen LogP contribution in [0, 0.1) is 0 Å². The largest absolute Gasteiger partial charge is 0.488 e. The molecule has 0 spiro atoms. The molecule has 0 aliphatic heterocycles. The molecule has 0 radical (unpaired) electrons. The van der Waals surface area contributed by atoms with Gasteiger partial charge in [-0.1, -0.05) is 6.92 Å². The first-order valence-electron chi connectivity index (χ1n) is 7.42. The third-order valence-corrected chi connectivity index (χ3v) is 3.51. The Hall–Kier alpha value is -2.67. The van der Waals surface area contributed by atoms with E-state index in [1.54, 1.807) is 19.5 Å². The summed E-state index contributed by atoms with van der Waals surface area (Å²) in [6, 6.07) is 3.79. The van der Waals surface area contributed by atoms with Gasteiger partial charge < -0.3 is 15.2 Å². The van der Waals surface area contributed by atoms with Gasteiger partial charge in [-0.25, -0.2) is 9.97 Å². The van der Waals surface area contributed by atoms with Crippen LogP contribution in [-0.4, -0.2) is 39.2 Å². The Labute approximate surface area is 134 Å². The Kier molecular flexibility index (Phi) is 4.38. The summed E-state index contributed by atoms with van der Waals surface area (Å²) in [5, 5.41) is 0. The minimum absolute atomic E-state index is 0.0247. The first-order valence-corrected chi connectivity index (χ1v) is 7.42. The zero-order chi connectivity index (χ0) is 16.2. The van der Waals surface area contributed by atoms with Crippen molar-refractivity contribution in [3.63, 3.8) is 0 Å². The minimum atomic E-state index is 0.0247. The summed E-state index contributed by atoms with van der Waals surface area (Å²) in [5.74, 6) is 1.14. The number of methoxy groups -OCH3 is 1. The smallest absolute Gasteiger partial charge is 0.142 e. The van der Waals surface area contributed by atoms with Crippen molar-refractivity contribution in [2.45, 2.75) is 19.4 Å². The molecule has 7 nitrogen and oxygen atoms in total. The van der Waals surface area contributed by atoms with Crippen molar-refractivity contribution in [3.8, 4) is 17.1 Å². The Morgan fingerprint density at radius 1 is 1.30 bits per heavy atom. The van der Waals surface area contributed by atoms with E-state index in [-0.39, 0.29) is 6.10 Å². The predicted octanol–water partition coefficient (Wildman–Crippen LogP) is 2.18. The molecule has 2 N–H and O–H groups in total. The number of hydrogen-bond acceptors (Lipinski definition) is 6. The summed E-state index contributed by atoms with van der Waals surface area (Å²) >= 11 is 0. The van der Waals surface area contributed by atoms with Crippen molar-refractivity contribution in [1.82, 2.24) is 19.4 Å². The van der Waals surface area contributed by atoms with Crippen molar-refractivity contribution in [2.75, 3.05) is 19.5 Å². The standard InChI is InChI=1S/C16H19N5O2/c1-3-11(10-22-2)23-12-4-5-21-14(8-19-16(21)6-12)13-7-18-9-15(17)20-13/h4-9,11H,3,10H2,1-2H3,(H2,17,20). The second-order valence-corrected chi connectivity index (χ2v) is 5.17. The number of fused-ring (bicyclic) bond motifs is 1. The van der Waals surface area contributed by atoms with Gasteiger partial charge in [0.15, 0.2) is 0 Å². The predicted molar refractivity (Wildman–Crippen MR) is 87.2 cm³/mol. The highest BCUT2D eigenvalue weighted by Gasteiger charge is 2.11. The maximum atomic E-state index is 5.92. The van der Waals surface area contributed by atoms with Gasteiger partial charge in [0.05, 0.1) is 30.9 Å². The van der Waals surface area contributed by atoms with E-state index in [1.165, 1.54) is 6.20 Å². The lowest BCUT2D eigenvalue weighted by Crippen LogP contribution is -2.21. The Morgan fingerprint density at radius 3 is 2.91 bits per heavy atom. The van der Waals surface area contributed by atoms with Gasteiger partial charge in [0.25, 0.3) is 0 Å². The van der Waals surface area contributed by atoms with E-state index in [4.69, 9.17) is 15.2 Å². The van der Waals surface area contributed by atoms with E-state index in [0.717, 1.165) is 23.5 Å². The first kappa shape index (κ1) is 15.2. The molecule has 7 heteroatoms. The van der Waals surface area contributed by atoms with Crippen LogP contribution >= 0.6 is 0 Å². The second-order valence-electron chi connectivity index (χ2n) is 5.17. The van der Waals surface area contributed by atoms with Gasteiger partial charge in [-0.3, -0.25) is 9.38 Å². The highest BCUT2D eigenvalue weighted by atomic mass is 16.5. The van der Waals surface area contributed by atoms with Crippen molar-refractivity contribution in [2.24, 2.45) is 0 Å². The zero-order valence-electron chi connectivity index (χ0n) is 13.1. The molecule has 0 aliphatic rings. The van der Waals surface area contributed by atoms with Crippen LogP contribution in [-0.2, 0) is 4.74 Å². The van der Waals surface area contributed by atoms with E-state index < -0.39 is 0 Å². The lowest BCUT2D eigenvalue weighted by molar-refractivity contribution is 0.0788. The Balaban J connectivity index is 1.91. The maximum Gasteiger partial charge on any atom is 0.142 e. The average molecular weight is 313 g/mol. The summed E-state index contributed by atoms with van der Waals surface area (Å²) in [5.41, 5.74) is 7.98. The quantitative estimate of drug-likeness (QED) is 0.750. The highest BCUT2D eigenvalue weighted by molar-refractivity contribution is 5.61. The number of aromatic nitrogens is 4. The fraction of sp³-hybridized carbons (Fsp3) is 0.312. The van der Waals surface area contributed by atoms with Crippen molar-refractivity contribution < 1.29 is 9.47 Å². The molecule has 3 aromatic heterocycles. The van der Waals surface area contributed by atoms with Gasteiger partial charge >= 0.3 is 0 Å². The molecular weight excluding hydrogens is 294 g/mol. The monoisotopic (exact) mass is 313 g/mol. The van der Waals surface area contributed by atoms with Crippen LogP contribution in [0.1, 0.15) is 13.3 Å². The van der Waals surface area contributed by atoms with Crippen molar-refractivity contribution >= 4 is 11.5 Å². The minimum Gasteiger partial charge on any atom is -0.488 e. The number of nitrogen functional groups attached to an aromatic ring is 1. The zero-order valence-corrected chi connectivity index (χ0v) is 13.1. The molecule has 0 aromatic carbocycles. The molecule has 120 valence electrons. The molecule has 23 heavy (non-hydrogen) atoms. The van der Waals surface area contributed by atoms with Gasteiger partial charge in [0.2, 0.25) is 0 Å². The van der Waals surface area contributed by atoms with E-state index in [1.807, 2.05) is 22.7 Å². The number of ether oxygens (including phenoxy) is 2. The van der Waals surface area contributed by atoms with Crippen molar-refractivity contribution in [1.29, 1.82) is 0 Å². The number of rotatable bonds is 6. The first-order chi connectivity index (χ1) is 11.2. The molecule has 3 aromatic rings. The normalized spacial score (nSPS) is 12.4. The van der Waals surface area contributed by atoms with Gasteiger partial charge in [0.1, 0.15) is 29.0 Å². The Morgan fingerprint density at radius 2 is 2.17 bits per heavy atom. The average Bonchev–Trinajstić information content (AvgIpc) is 2.97. The molecule has 1 atom stereocenters. The third kappa shape index (κ3) is 3.24. The van der Waals surface area contributed by atoms with Gasteiger partial charge in [-0.15, -0.1) is 0 Å². The molecule has 3 heterocycles. The van der Waals surface area contributed by atoms with E-state index >= 15 is 0 Å². The fourth-order valence-corrected chi connectivity index (χ4v) is 2.34. The second kappa shape index (κ2) is 6.62. The molecule has 0 saturated carbocycles. The number of hydrogen-bond donors (Lipinski definition) is 1. The molecular formula is C16H19N5O2. The number of nitrogens with zero attached hydrogens (tertiary/aromatic N) is 4. The fourth-order valence-electron chi connectivity index (χ4n) is 2.34. The topological polar surface area (TPSA) is 87.6 Å². The molecule has 3 rings (SSSR count). The van der Waals surface area contributed by atoms with Crippen LogP contribution < -0.4 is 10.5 Å². The van der Waals surface area contributed by atoms with Crippen molar-refractivity contribution in [3.05, 3.63) is 36.9 Å².